The van der Waals surface area contributed by atoms with Crippen molar-refractivity contribution < 1.29 is 9.21 Å². The zero-order valence-electron chi connectivity index (χ0n) is 20.0. The minimum absolute atomic E-state index is 0. The molecule has 2 N–H and O–H groups in total. The number of halogens is 1. The number of rotatable bonds is 5. The number of para-hydroxylation sites is 1. The highest BCUT2D eigenvalue weighted by Gasteiger charge is 2.37. The first-order chi connectivity index (χ1) is 15.5. The van der Waals surface area contributed by atoms with Crippen LogP contribution in [0.4, 0.5) is 6.01 Å². The number of carbonyl (C=O) groups is 1. The molecule has 3 atom stereocenters. The number of hydrogen-bond donors (Lipinski definition) is 2. The zero-order valence-corrected chi connectivity index (χ0v) is 20.9. The predicted molar refractivity (Wildman–Crippen MR) is 134 cm³/mol. The molecule has 5 rings (SSSR count). The molecular weight excluding hydrogens is 438 g/mol. The largest absolute Gasteiger partial charge is 0.423 e. The molecule has 182 valence electrons. The number of piperidine rings is 2. The van der Waals surface area contributed by atoms with Crippen LogP contribution in [-0.4, -0.2) is 66.6 Å². The second kappa shape index (κ2) is 10.2. The number of hydrogen-bond acceptors (Lipinski definition) is 6. The molecular formula is C25H38ClN5O2. The third-order valence-electron chi connectivity index (χ3n) is 7.67. The summed E-state index contributed by atoms with van der Waals surface area (Å²) in [6, 6.07) is 8.11. The Kier molecular flexibility index (Phi) is 7.51. The molecule has 2 unspecified atom stereocenters. The molecule has 1 amide bonds. The van der Waals surface area contributed by atoms with Gasteiger partial charge in [0.15, 0.2) is 5.58 Å². The quantitative estimate of drug-likeness (QED) is 0.684. The Bertz CT molecular complexity index is 949. The fraction of sp³-hybridized carbons (Fsp3) is 0.680. The number of anilines is 1. The monoisotopic (exact) mass is 475 g/mol. The molecule has 0 aliphatic carbocycles. The molecule has 1 aromatic heterocycles. The van der Waals surface area contributed by atoms with Crippen molar-refractivity contribution in [3.63, 3.8) is 0 Å². The van der Waals surface area contributed by atoms with E-state index in [-0.39, 0.29) is 24.4 Å². The first kappa shape index (κ1) is 24.3. The van der Waals surface area contributed by atoms with Gasteiger partial charge in [0.05, 0.1) is 5.56 Å². The van der Waals surface area contributed by atoms with Crippen molar-refractivity contribution in [2.75, 3.05) is 31.6 Å². The molecule has 3 fully saturated rings. The van der Waals surface area contributed by atoms with Crippen molar-refractivity contribution in [2.45, 2.75) is 76.5 Å². The highest BCUT2D eigenvalue weighted by molar-refractivity contribution is 6.04. The normalized spacial score (nSPS) is 28.1. The summed E-state index contributed by atoms with van der Waals surface area (Å²) in [5, 5.41) is 6.82. The second-order valence-electron chi connectivity index (χ2n) is 10.4. The molecule has 7 nitrogen and oxygen atoms in total. The lowest BCUT2D eigenvalue weighted by Gasteiger charge is -2.47. The van der Waals surface area contributed by atoms with Gasteiger partial charge in [0.2, 0.25) is 0 Å². The molecule has 0 spiro atoms. The Labute approximate surface area is 203 Å². The Balaban J connectivity index is 0.00000259. The Morgan fingerprint density at radius 1 is 1.27 bits per heavy atom. The van der Waals surface area contributed by atoms with Crippen LogP contribution >= 0.6 is 12.4 Å². The predicted octanol–water partition coefficient (Wildman–Crippen LogP) is 3.82. The van der Waals surface area contributed by atoms with Crippen LogP contribution in [0.3, 0.4) is 0 Å². The first-order valence-corrected chi connectivity index (χ1v) is 12.4. The van der Waals surface area contributed by atoms with Crippen LogP contribution in [0, 0.1) is 5.92 Å². The number of nitrogens with one attached hydrogen (secondary N) is 2. The average Bonchev–Trinajstić information content (AvgIpc) is 3.18. The van der Waals surface area contributed by atoms with E-state index < -0.39 is 0 Å². The molecule has 2 bridgehead atoms. The van der Waals surface area contributed by atoms with Crippen LogP contribution < -0.4 is 15.5 Å². The minimum atomic E-state index is -0.0258. The third kappa shape index (κ3) is 5.00. The van der Waals surface area contributed by atoms with Crippen molar-refractivity contribution in [1.29, 1.82) is 0 Å². The fourth-order valence-electron chi connectivity index (χ4n) is 6.01. The minimum Gasteiger partial charge on any atom is -0.423 e. The molecule has 0 radical (unpaired) electrons. The zero-order chi connectivity index (χ0) is 22.2. The van der Waals surface area contributed by atoms with Crippen molar-refractivity contribution >= 4 is 35.4 Å². The van der Waals surface area contributed by atoms with Gasteiger partial charge in [-0.1, -0.05) is 26.3 Å². The van der Waals surface area contributed by atoms with Gasteiger partial charge in [0.25, 0.3) is 11.9 Å². The van der Waals surface area contributed by atoms with Crippen molar-refractivity contribution in [3.05, 3.63) is 23.8 Å². The Hall–Kier alpha value is -1.83. The molecule has 8 heteroatoms. The summed E-state index contributed by atoms with van der Waals surface area (Å²) in [5.41, 5.74) is 1.99. The molecule has 1 aromatic carbocycles. The van der Waals surface area contributed by atoms with Crippen LogP contribution in [0.2, 0.25) is 0 Å². The Morgan fingerprint density at radius 2 is 2.03 bits per heavy atom. The molecule has 2 aromatic rings. The molecule has 3 aliphatic heterocycles. The summed E-state index contributed by atoms with van der Waals surface area (Å²) in [7, 11) is 2.24. The molecule has 4 heterocycles. The maximum Gasteiger partial charge on any atom is 0.298 e. The van der Waals surface area contributed by atoms with Gasteiger partial charge in [0, 0.05) is 43.8 Å². The summed E-state index contributed by atoms with van der Waals surface area (Å²) in [5.74, 6) is 0.573. The van der Waals surface area contributed by atoms with Gasteiger partial charge in [-0.05, 0) is 57.2 Å². The summed E-state index contributed by atoms with van der Waals surface area (Å²) < 4.78 is 6.18. The lowest BCUT2D eigenvalue weighted by Crippen LogP contribution is -2.55. The van der Waals surface area contributed by atoms with Gasteiger partial charge in [-0.3, -0.25) is 4.79 Å². The lowest BCUT2D eigenvalue weighted by molar-refractivity contribution is 0.0463. The molecule has 33 heavy (non-hydrogen) atoms. The lowest BCUT2D eigenvalue weighted by atomic mass is 9.82. The molecule has 3 saturated heterocycles. The third-order valence-corrected chi connectivity index (χ3v) is 7.67. The summed E-state index contributed by atoms with van der Waals surface area (Å²) in [6.45, 7) is 7.21. The van der Waals surface area contributed by atoms with Crippen LogP contribution in [0.5, 0.6) is 0 Å². The van der Waals surface area contributed by atoms with Gasteiger partial charge in [-0.15, -0.1) is 12.4 Å². The number of amides is 1. The number of aromatic nitrogens is 1. The van der Waals surface area contributed by atoms with E-state index in [9.17, 15) is 4.79 Å². The van der Waals surface area contributed by atoms with Crippen LogP contribution in [0.15, 0.2) is 22.6 Å². The molecule has 0 saturated carbocycles. The van der Waals surface area contributed by atoms with E-state index in [2.05, 4.69) is 41.3 Å². The second-order valence-corrected chi connectivity index (χ2v) is 10.4. The Morgan fingerprint density at radius 3 is 2.76 bits per heavy atom. The van der Waals surface area contributed by atoms with E-state index in [1.54, 1.807) is 0 Å². The standard InChI is InChI=1S/C25H37N5O2.ClH/c1-16(2)12-20-15-26-10-11-30(20)25-28-23-21(8-5-9-22(23)32-25)24(31)27-17-13-18-6-4-7-19(14-17)29(18)3;/h5,8-9,16-20,26H,4,6-7,10-15H2,1-3H3,(H,27,31);1H/t17?,18?,19?,20-;/m0./s1. The van der Waals surface area contributed by atoms with Gasteiger partial charge in [0.1, 0.15) is 5.52 Å². The summed E-state index contributed by atoms with van der Waals surface area (Å²) >= 11 is 0. The smallest absolute Gasteiger partial charge is 0.298 e. The van der Waals surface area contributed by atoms with E-state index in [0.29, 0.717) is 46.7 Å². The van der Waals surface area contributed by atoms with Gasteiger partial charge in [-0.25, -0.2) is 0 Å². The number of carbonyl (C=O) groups excluding carboxylic acids is 1. The average molecular weight is 476 g/mol. The van der Waals surface area contributed by atoms with E-state index in [4.69, 9.17) is 9.40 Å². The van der Waals surface area contributed by atoms with E-state index in [1.165, 1.54) is 19.3 Å². The van der Waals surface area contributed by atoms with Crippen molar-refractivity contribution in [2.24, 2.45) is 5.92 Å². The SMILES string of the molecule is CC(C)C[C@H]1CNCCN1c1nc2c(C(=O)NC3CC4CCCC(C3)N4C)cccc2o1.Cl. The summed E-state index contributed by atoms with van der Waals surface area (Å²) in [6.07, 6.45) is 6.95. The van der Waals surface area contributed by atoms with Crippen molar-refractivity contribution in [3.8, 4) is 0 Å². The highest BCUT2D eigenvalue weighted by atomic mass is 35.5. The number of nitrogens with zero attached hydrogens (tertiary/aromatic N) is 3. The molecule has 3 aliphatic rings. The van der Waals surface area contributed by atoms with Crippen LogP contribution in [0.25, 0.3) is 11.1 Å². The van der Waals surface area contributed by atoms with Gasteiger partial charge < -0.3 is 24.9 Å². The summed E-state index contributed by atoms with van der Waals surface area (Å²) in [4.78, 5) is 22.9. The van der Waals surface area contributed by atoms with E-state index in [0.717, 1.165) is 38.9 Å². The van der Waals surface area contributed by atoms with Gasteiger partial charge in [-0.2, -0.15) is 4.98 Å². The number of piperazine rings is 1. The van der Waals surface area contributed by atoms with E-state index >= 15 is 0 Å². The number of oxazole rings is 1. The van der Waals surface area contributed by atoms with Crippen molar-refractivity contribution in [1.82, 2.24) is 20.5 Å². The van der Waals surface area contributed by atoms with Crippen LogP contribution in [0.1, 0.15) is 62.7 Å². The van der Waals surface area contributed by atoms with Gasteiger partial charge >= 0.3 is 0 Å². The maximum absolute atomic E-state index is 13.3. The van der Waals surface area contributed by atoms with Crippen LogP contribution in [-0.2, 0) is 0 Å². The fourth-order valence-corrected chi connectivity index (χ4v) is 6.01. The number of fused-ring (bicyclic) bond motifs is 3. The topological polar surface area (TPSA) is 73.6 Å². The number of benzene rings is 1. The highest BCUT2D eigenvalue weighted by Crippen LogP contribution is 2.33. The first-order valence-electron chi connectivity index (χ1n) is 12.4. The maximum atomic E-state index is 13.3. The van der Waals surface area contributed by atoms with E-state index in [1.807, 2.05) is 18.2 Å².